The van der Waals surface area contributed by atoms with Crippen molar-refractivity contribution in [1.29, 1.82) is 0 Å². The zero-order valence-electron chi connectivity index (χ0n) is 8.81. The average Bonchev–Trinajstić information content (AvgIpc) is 2.16. The van der Waals surface area contributed by atoms with Gasteiger partial charge >= 0.3 is 0 Å². The lowest BCUT2D eigenvalue weighted by Gasteiger charge is -2.25. The molecule has 0 saturated carbocycles. The molecule has 16 heavy (non-hydrogen) atoms. The minimum Gasteiger partial charge on any atom is -0.385 e. The molecule has 0 aliphatic carbocycles. The molecule has 0 bridgehead atoms. The summed E-state index contributed by atoms with van der Waals surface area (Å²) >= 11 is 4.77. The number of aliphatic hydroxyl groups is 1. The number of aliphatic hydroxyl groups excluding tert-OH is 1. The van der Waals surface area contributed by atoms with Gasteiger partial charge in [-0.15, -0.1) is 0 Å². The van der Waals surface area contributed by atoms with Crippen LogP contribution in [0.5, 0.6) is 0 Å². The zero-order valence-corrected chi connectivity index (χ0v) is 13.4. The number of alkyl halides is 2. The van der Waals surface area contributed by atoms with Crippen molar-refractivity contribution in [2.45, 2.75) is 14.7 Å². The summed E-state index contributed by atoms with van der Waals surface area (Å²) in [7, 11) is -3.41. The summed E-state index contributed by atoms with van der Waals surface area (Å²) in [6.07, 6.45) is -0.0188. The quantitative estimate of drug-likeness (QED) is 0.606. The molecule has 0 aromatic heterocycles. The number of benzene rings is 1. The molecule has 0 fully saturated rings. The van der Waals surface area contributed by atoms with Crippen LogP contribution in [-0.4, -0.2) is 21.4 Å². The number of rotatable bonds is 3. The average molecular weight is 419 g/mol. The molecule has 0 unspecified atom stereocenters. The summed E-state index contributed by atoms with van der Waals surface area (Å²) in [4.78, 5) is 0. The van der Waals surface area contributed by atoms with Crippen molar-refractivity contribution < 1.29 is 13.5 Å². The van der Waals surface area contributed by atoms with Gasteiger partial charge in [0.2, 0.25) is 1.66 Å². The summed E-state index contributed by atoms with van der Waals surface area (Å²) < 4.78 is 21.6. The van der Waals surface area contributed by atoms with E-state index in [2.05, 4.69) is 15.9 Å². The van der Waals surface area contributed by atoms with Crippen LogP contribution in [0.4, 0.5) is 0 Å². The Kier molecular flexibility index (Phi) is 4.42. The van der Waals surface area contributed by atoms with Crippen molar-refractivity contribution in [1.82, 2.24) is 0 Å². The molecule has 2 atom stereocenters. The molecule has 0 saturated heterocycles. The van der Waals surface area contributed by atoms with Gasteiger partial charge in [-0.25, -0.2) is 8.42 Å². The first-order valence-electron chi connectivity index (χ1n) is 4.48. The van der Waals surface area contributed by atoms with Gasteiger partial charge in [-0.1, -0.05) is 45.8 Å². The standard InChI is InChI=1S/C10H12BrIO3S/c1-7-3-5-8(6-4-7)9(13)10(11,12)16(2,14)15/h3-6,9,13H,1-2H3/t9-,10-/m1/s1. The third kappa shape index (κ3) is 2.96. The minimum absolute atomic E-state index is 0.572. The van der Waals surface area contributed by atoms with Crippen LogP contribution in [0.2, 0.25) is 0 Å². The molecule has 1 aromatic rings. The lowest BCUT2D eigenvalue weighted by molar-refractivity contribution is 0.191. The Morgan fingerprint density at radius 2 is 1.81 bits per heavy atom. The normalized spacial score (nSPS) is 17.8. The molecule has 3 nitrogen and oxygen atoms in total. The van der Waals surface area contributed by atoms with Crippen molar-refractivity contribution in [3.63, 3.8) is 0 Å². The van der Waals surface area contributed by atoms with Crippen molar-refractivity contribution in [2.24, 2.45) is 0 Å². The number of aryl methyl sites for hydroxylation is 1. The maximum Gasteiger partial charge on any atom is 0.206 e. The predicted octanol–water partition coefficient (Wildman–Crippen LogP) is 2.56. The lowest BCUT2D eigenvalue weighted by atomic mass is 10.1. The van der Waals surface area contributed by atoms with E-state index in [9.17, 15) is 13.5 Å². The third-order valence-electron chi connectivity index (χ3n) is 2.21. The van der Waals surface area contributed by atoms with Crippen molar-refractivity contribution in [3.8, 4) is 0 Å². The summed E-state index contributed by atoms with van der Waals surface area (Å²) in [6.45, 7) is 1.93. The molecule has 1 aromatic carbocycles. The molecule has 0 aliphatic heterocycles. The van der Waals surface area contributed by atoms with Crippen molar-refractivity contribution >= 4 is 48.4 Å². The SMILES string of the molecule is Cc1ccc([C@@H](O)[C@@](Br)(I)S(C)(=O)=O)cc1. The summed E-state index contributed by atoms with van der Waals surface area (Å²) in [5.41, 5.74) is 1.63. The molecular weight excluding hydrogens is 407 g/mol. The molecule has 0 spiro atoms. The molecule has 0 radical (unpaired) electrons. The van der Waals surface area contributed by atoms with E-state index in [-0.39, 0.29) is 0 Å². The molecule has 90 valence electrons. The van der Waals surface area contributed by atoms with Crippen LogP contribution in [-0.2, 0) is 9.84 Å². The Morgan fingerprint density at radius 3 is 2.19 bits per heavy atom. The number of sulfone groups is 1. The van der Waals surface area contributed by atoms with Crippen LogP contribution in [0.1, 0.15) is 17.2 Å². The minimum atomic E-state index is -3.41. The van der Waals surface area contributed by atoms with Gasteiger partial charge in [0.25, 0.3) is 0 Å². The second-order valence-corrected chi connectivity index (χ2v) is 11.5. The first-order chi connectivity index (χ1) is 7.16. The van der Waals surface area contributed by atoms with Gasteiger partial charge in [0.1, 0.15) is 6.10 Å². The Bertz CT molecular complexity index is 467. The van der Waals surface area contributed by atoms with Gasteiger partial charge in [-0.3, -0.25) is 0 Å². The Balaban J connectivity index is 3.12. The monoisotopic (exact) mass is 418 g/mol. The van der Waals surface area contributed by atoms with E-state index in [1.807, 2.05) is 19.1 Å². The molecular formula is C10H12BrIO3S. The molecule has 1 rings (SSSR count). The second kappa shape index (κ2) is 4.91. The van der Waals surface area contributed by atoms with Crippen LogP contribution in [0, 0.1) is 6.92 Å². The van der Waals surface area contributed by atoms with Crippen LogP contribution in [0.3, 0.4) is 0 Å². The fourth-order valence-corrected chi connectivity index (χ4v) is 2.31. The zero-order chi connectivity index (χ0) is 12.6. The molecule has 0 heterocycles. The van der Waals surface area contributed by atoms with E-state index in [0.29, 0.717) is 5.56 Å². The van der Waals surface area contributed by atoms with Crippen LogP contribution in [0.25, 0.3) is 0 Å². The Hall–Kier alpha value is 0.340. The topological polar surface area (TPSA) is 54.4 Å². The van der Waals surface area contributed by atoms with Gasteiger partial charge in [0.05, 0.1) is 0 Å². The van der Waals surface area contributed by atoms with Crippen molar-refractivity contribution in [2.75, 3.05) is 6.26 Å². The van der Waals surface area contributed by atoms with E-state index < -0.39 is 17.6 Å². The highest BCUT2D eigenvalue weighted by molar-refractivity contribution is 14.1. The molecule has 0 amide bonds. The lowest BCUT2D eigenvalue weighted by Crippen LogP contribution is -2.31. The smallest absolute Gasteiger partial charge is 0.206 e. The highest BCUT2D eigenvalue weighted by Gasteiger charge is 2.43. The number of halogens is 2. The Labute approximate surface area is 117 Å². The largest absolute Gasteiger partial charge is 0.385 e. The van der Waals surface area contributed by atoms with E-state index in [4.69, 9.17) is 0 Å². The van der Waals surface area contributed by atoms with Gasteiger partial charge in [0, 0.05) is 6.26 Å². The van der Waals surface area contributed by atoms with E-state index in [1.165, 1.54) is 0 Å². The molecule has 1 N–H and O–H groups in total. The fourth-order valence-electron chi connectivity index (χ4n) is 1.15. The fraction of sp³-hybridized carbons (Fsp3) is 0.400. The second-order valence-electron chi connectivity index (χ2n) is 3.65. The summed E-state index contributed by atoms with van der Waals surface area (Å²) in [5.74, 6) is 0. The van der Waals surface area contributed by atoms with Gasteiger partial charge < -0.3 is 5.11 Å². The molecule has 0 aliphatic rings. The maximum atomic E-state index is 11.5. The first kappa shape index (κ1) is 14.4. The Morgan fingerprint density at radius 1 is 1.38 bits per heavy atom. The van der Waals surface area contributed by atoms with Crippen LogP contribution in [0.15, 0.2) is 24.3 Å². The summed E-state index contributed by atoms with van der Waals surface area (Å²) in [6, 6.07) is 7.11. The van der Waals surface area contributed by atoms with E-state index >= 15 is 0 Å². The third-order valence-corrected chi connectivity index (χ3v) is 8.61. The first-order valence-corrected chi connectivity index (χ1v) is 8.24. The molecule has 6 heteroatoms. The van der Waals surface area contributed by atoms with Crippen molar-refractivity contribution in [3.05, 3.63) is 35.4 Å². The van der Waals surface area contributed by atoms with Gasteiger partial charge in [-0.05, 0) is 35.1 Å². The predicted molar refractivity (Wildman–Crippen MR) is 76.7 cm³/mol. The maximum absolute atomic E-state index is 11.5. The highest BCUT2D eigenvalue weighted by Crippen LogP contribution is 2.44. The van der Waals surface area contributed by atoms with Gasteiger partial charge in [-0.2, -0.15) is 0 Å². The van der Waals surface area contributed by atoms with E-state index in [0.717, 1.165) is 11.8 Å². The van der Waals surface area contributed by atoms with Crippen LogP contribution < -0.4 is 0 Å². The number of hydrogen-bond acceptors (Lipinski definition) is 3. The van der Waals surface area contributed by atoms with Gasteiger partial charge in [0.15, 0.2) is 9.84 Å². The van der Waals surface area contributed by atoms with E-state index in [1.54, 1.807) is 34.7 Å². The van der Waals surface area contributed by atoms with Crippen LogP contribution >= 0.6 is 38.5 Å². The summed E-state index contributed by atoms with van der Waals surface area (Å²) in [5, 5.41) is 10.0. The highest BCUT2D eigenvalue weighted by atomic mass is 127. The number of hydrogen-bond donors (Lipinski definition) is 1.